The summed E-state index contributed by atoms with van der Waals surface area (Å²) in [5.41, 5.74) is 0.900. The maximum atomic E-state index is 12.2. The number of nitro groups is 1. The topological polar surface area (TPSA) is 173 Å². The molecule has 0 saturated carbocycles. The minimum Gasteiger partial charge on any atom is -0.379 e. The molecule has 1 aromatic heterocycles. The Kier molecular flexibility index (Phi) is 5.24. The molecular weight excluding hydrogens is 388 g/mol. The predicted molar refractivity (Wildman–Crippen MR) is 102 cm³/mol. The van der Waals surface area contributed by atoms with Crippen LogP contribution in [0.15, 0.2) is 47.5 Å². The number of anilines is 2. The zero-order valence-electron chi connectivity index (χ0n) is 14.4. The van der Waals surface area contributed by atoms with Crippen molar-refractivity contribution in [2.24, 2.45) is 5.14 Å². The van der Waals surface area contributed by atoms with Gasteiger partial charge in [-0.2, -0.15) is 5.10 Å². The predicted octanol–water partition coefficient (Wildman–Crippen LogP) is 1.56. The number of aromatic amines is 1. The van der Waals surface area contributed by atoms with Crippen molar-refractivity contribution in [1.82, 2.24) is 10.2 Å². The van der Waals surface area contributed by atoms with Crippen molar-refractivity contribution in [2.45, 2.75) is 11.3 Å². The Morgan fingerprint density at radius 1 is 1.25 bits per heavy atom. The molecule has 0 atom stereocenters. The quantitative estimate of drug-likeness (QED) is 0.341. The molecule has 0 unspecified atom stereocenters. The van der Waals surface area contributed by atoms with Crippen molar-refractivity contribution < 1.29 is 18.1 Å². The number of hydrogen-bond donors (Lipinski definition) is 4. The molecule has 146 valence electrons. The van der Waals surface area contributed by atoms with Crippen molar-refractivity contribution in [3.8, 4) is 0 Å². The minimum absolute atomic E-state index is 0.0264. The zero-order chi connectivity index (χ0) is 20.3. The molecule has 12 heteroatoms. The fourth-order valence-corrected chi connectivity index (χ4v) is 3.12. The molecule has 0 fully saturated rings. The van der Waals surface area contributed by atoms with E-state index in [1.807, 2.05) is 6.07 Å². The van der Waals surface area contributed by atoms with Gasteiger partial charge in [-0.3, -0.25) is 20.0 Å². The van der Waals surface area contributed by atoms with Gasteiger partial charge in [0.05, 0.1) is 27.2 Å². The highest BCUT2D eigenvalue weighted by Gasteiger charge is 2.19. The van der Waals surface area contributed by atoms with E-state index in [2.05, 4.69) is 20.8 Å². The zero-order valence-corrected chi connectivity index (χ0v) is 15.2. The maximum absolute atomic E-state index is 12.2. The van der Waals surface area contributed by atoms with Gasteiger partial charge >= 0.3 is 0 Å². The Morgan fingerprint density at radius 3 is 2.75 bits per heavy atom. The molecular formula is C16H16N6O5S. The number of sulfonamides is 1. The fourth-order valence-electron chi connectivity index (χ4n) is 2.59. The second-order valence-corrected chi connectivity index (χ2v) is 7.41. The molecule has 3 aromatic rings. The molecule has 0 aliphatic rings. The monoisotopic (exact) mass is 404 g/mol. The van der Waals surface area contributed by atoms with E-state index in [4.69, 9.17) is 5.14 Å². The van der Waals surface area contributed by atoms with Crippen LogP contribution < -0.4 is 15.8 Å². The number of primary sulfonamides is 1. The molecule has 28 heavy (non-hydrogen) atoms. The van der Waals surface area contributed by atoms with Crippen molar-refractivity contribution in [1.29, 1.82) is 0 Å². The number of para-hydroxylation sites is 1. The Hall–Kier alpha value is -3.51. The lowest BCUT2D eigenvalue weighted by Crippen LogP contribution is -2.17. The number of amides is 1. The second kappa shape index (κ2) is 7.62. The van der Waals surface area contributed by atoms with Crippen molar-refractivity contribution in [2.75, 3.05) is 17.2 Å². The number of carbonyl (C=O) groups excluding carboxylic acids is 1. The molecule has 11 nitrogen and oxygen atoms in total. The van der Waals surface area contributed by atoms with Crippen molar-refractivity contribution in [3.05, 3.63) is 52.7 Å². The first kappa shape index (κ1) is 19.3. The highest BCUT2D eigenvalue weighted by molar-refractivity contribution is 7.89. The van der Waals surface area contributed by atoms with Crippen LogP contribution in [0.5, 0.6) is 0 Å². The Bertz CT molecular complexity index is 1160. The third-order valence-corrected chi connectivity index (χ3v) is 4.82. The normalized spacial score (nSPS) is 11.3. The van der Waals surface area contributed by atoms with E-state index in [9.17, 15) is 23.3 Å². The smallest absolute Gasteiger partial charge is 0.293 e. The molecule has 0 bridgehead atoms. The summed E-state index contributed by atoms with van der Waals surface area (Å²) in [6, 6.07) is 8.62. The molecule has 5 N–H and O–H groups in total. The number of aromatic nitrogens is 2. The number of nitrogens with two attached hydrogens (primary N) is 1. The van der Waals surface area contributed by atoms with Gasteiger partial charge in [0, 0.05) is 24.4 Å². The molecule has 1 amide bonds. The number of nitro benzene ring substituents is 1. The van der Waals surface area contributed by atoms with E-state index in [0.29, 0.717) is 11.2 Å². The van der Waals surface area contributed by atoms with Gasteiger partial charge in [0.2, 0.25) is 15.9 Å². The molecule has 1 heterocycles. The lowest BCUT2D eigenvalue weighted by atomic mass is 10.2. The second-order valence-electron chi connectivity index (χ2n) is 5.85. The largest absolute Gasteiger partial charge is 0.379 e. The first-order valence-electron chi connectivity index (χ1n) is 8.03. The molecule has 0 spiro atoms. The Labute approximate surface area is 159 Å². The number of hydrogen-bond acceptors (Lipinski definition) is 7. The lowest BCUT2D eigenvalue weighted by Gasteiger charge is -2.09. The van der Waals surface area contributed by atoms with Crippen LogP contribution in [0.3, 0.4) is 0 Å². The Balaban J connectivity index is 1.65. The maximum Gasteiger partial charge on any atom is 0.293 e. The highest BCUT2D eigenvalue weighted by atomic mass is 32.2. The number of nitrogens with zero attached hydrogens (tertiary/aromatic N) is 2. The minimum atomic E-state index is -4.06. The van der Waals surface area contributed by atoms with Crippen LogP contribution in [0.25, 0.3) is 10.9 Å². The van der Waals surface area contributed by atoms with E-state index in [1.54, 1.807) is 18.3 Å². The fraction of sp³-hybridized carbons (Fsp3) is 0.125. The van der Waals surface area contributed by atoms with Crippen LogP contribution in [0.4, 0.5) is 17.1 Å². The van der Waals surface area contributed by atoms with E-state index in [1.165, 1.54) is 6.07 Å². The van der Waals surface area contributed by atoms with Crippen LogP contribution in [0.2, 0.25) is 0 Å². The molecule has 3 rings (SSSR count). The summed E-state index contributed by atoms with van der Waals surface area (Å²) in [5.74, 6) is -0.307. The number of H-pyrrole nitrogens is 1. The van der Waals surface area contributed by atoms with Gasteiger partial charge in [-0.15, -0.1) is 0 Å². The van der Waals surface area contributed by atoms with E-state index in [0.717, 1.165) is 17.5 Å². The van der Waals surface area contributed by atoms with E-state index in [-0.39, 0.29) is 29.5 Å². The average molecular weight is 404 g/mol. The van der Waals surface area contributed by atoms with Gasteiger partial charge in [-0.1, -0.05) is 12.1 Å². The molecule has 0 aliphatic carbocycles. The number of nitrogens with one attached hydrogen (secondary N) is 3. The summed E-state index contributed by atoms with van der Waals surface area (Å²) in [4.78, 5) is 22.2. The Morgan fingerprint density at radius 2 is 2.04 bits per heavy atom. The summed E-state index contributed by atoms with van der Waals surface area (Å²) in [6.07, 6.45) is 1.66. The third kappa shape index (κ3) is 4.24. The van der Waals surface area contributed by atoms with Crippen LogP contribution in [-0.4, -0.2) is 36.0 Å². The standard InChI is InChI=1S/C16H16N6O5S/c17-28(26,27)11-4-5-12(14(8-11)22(24)25)18-7-6-15(23)20-13-3-1-2-10-9-19-21-16(10)13/h1-5,8-9,18H,6-7H2,(H,19,21)(H,20,23)(H2,17,26,27). The van der Waals surface area contributed by atoms with Crippen LogP contribution >= 0.6 is 0 Å². The number of benzene rings is 2. The number of rotatable bonds is 7. The van der Waals surface area contributed by atoms with Crippen LogP contribution in [0.1, 0.15) is 6.42 Å². The van der Waals surface area contributed by atoms with Crippen LogP contribution in [0, 0.1) is 10.1 Å². The average Bonchev–Trinajstić information content (AvgIpc) is 3.10. The van der Waals surface area contributed by atoms with Gasteiger partial charge in [-0.05, 0) is 18.2 Å². The van der Waals surface area contributed by atoms with Gasteiger partial charge < -0.3 is 10.6 Å². The summed E-state index contributed by atoms with van der Waals surface area (Å²) >= 11 is 0. The molecule has 2 aromatic carbocycles. The van der Waals surface area contributed by atoms with Gasteiger partial charge in [0.25, 0.3) is 5.69 Å². The van der Waals surface area contributed by atoms with E-state index >= 15 is 0 Å². The SMILES string of the molecule is NS(=O)(=O)c1ccc(NCCC(=O)Nc2cccc3cn[nH]c23)c([N+](=O)[O-])c1. The third-order valence-electron chi connectivity index (χ3n) is 3.91. The summed E-state index contributed by atoms with van der Waals surface area (Å²) < 4.78 is 22.7. The van der Waals surface area contributed by atoms with E-state index < -0.39 is 20.6 Å². The summed E-state index contributed by atoms with van der Waals surface area (Å²) in [6.45, 7) is 0.0976. The first-order chi connectivity index (χ1) is 13.3. The molecule has 0 aliphatic heterocycles. The van der Waals surface area contributed by atoms with Gasteiger partial charge in [0.1, 0.15) is 5.69 Å². The highest BCUT2D eigenvalue weighted by Crippen LogP contribution is 2.27. The first-order valence-corrected chi connectivity index (χ1v) is 9.57. The van der Waals surface area contributed by atoms with Crippen molar-refractivity contribution >= 4 is 43.9 Å². The van der Waals surface area contributed by atoms with Crippen LogP contribution in [-0.2, 0) is 14.8 Å². The van der Waals surface area contributed by atoms with Gasteiger partial charge in [-0.25, -0.2) is 13.6 Å². The molecule has 0 radical (unpaired) electrons. The van der Waals surface area contributed by atoms with Gasteiger partial charge in [0.15, 0.2) is 0 Å². The number of carbonyl (C=O) groups is 1. The number of fused-ring (bicyclic) bond motifs is 1. The summed E-state index contributed by atoms with van der Waals surface area (Å²) in [7, 11) is -4.06. The molecule has 0 saturated heterocycles. The lowest BCUT2D eigenvalue weighted by molar-refractivity contribution is -0.384. The van der Waals surface area contributed by atoms with Crippen molar-refractivity contribution in [3.63, 3.8) is 0 Å². The summed E-state index contributed by atoms with van der Waals surface area (Å²) in [5, 5.41) is 29.2.